The van der Waals surface area contributed by atoms with Gasteiger partial charge in [0.25, 0.3) is 0 Å². The second-order valence-electron chi connectivity index (χ2n) is 5.13. The van der Waals surface area contributed by atoms with Crippen molar-refractivity contribution < 1.29 is 17.6 Å². The molecule has 0 bridgehead atoms. The summed E-state index contributed by atoms with van der Waals surface area (Å²) in [5.74, 6) is -3.01. The van der Waals surface area contributed by atoms with Crippen molar-refractivity contribution >= 4 is 0 Å². The molecule has 0 saturated carbocycles. The molecule has 0 N–H and O–H groups in total. The van der Waals surface area contributed by atoms with Crippen molar-refractivity contribution in [2.75, 3.05) is 0 Å². The van der Waals surface area contributed by atoms with E-state index in [9.17, 15) is 17.6 Å². The minimum Gasteiger partial charge on any atom is -0.246 e. The maximum absolute atomic E-state index is 14.4. The third-order valence-electron chi connectivity index (χ3n) is 3.63. The van der Waals surface area contributed by atoms with Gasteiger partial charge >= 0.3 is 0 Å². The van der Waals surface area contributed by atoms with Crippen LogP contribution in [0.4, 0.5) is 17.6 Å². The molecule has 0 nitrogen and oxygen atoms in total. The van der Waals surface area contributed by atoms with Gasteiger partial charge in [0.05, 0.1) is 0 Å². The summed E-state index contributed by atoms with van der Waals surface area (Å²) in [6.07, 6.45) is 0. The van der Waals surface area contributed by atoms with Gasteiger partial charge in [-0.05, 0) is 34.9 Å². The zero-order valence-electron chi connectivity index (χ0n) is 12.0. The summed E-state index contributed by atoms with van der Waals surface area (Å²) in [6.45, 7) is -1.15. The van der Waals surface area contributed by atoms with Crippen LogP contribution in [0.3, 0.4) is 0 Å². The first kappa shape index (κ1) is 15.3. The molecule has 0 heterocycles. The van der Waals surface area contributed by atoms with E-state index in [0.29, 0.717) is 5.56 Å². The summed E-state index contributed by atoms with van der Waals surface area (Å²) in [6, 6.07) is 15.7. The van der Waals surface area contributed by atoms with Gasteiger partial charge in [0.15, 0.2) is 11.6 Å². The SMILES string of the molecule is FCc1cc(-c2ccc(-c3ccccc3)cc2F)cc(F)c1F. The number of benzene rings is 3. The molecule has 116 valence electrons. The Bertz CT molecular complexity index is 841. The van der Waals surface area contributed by atoms with E-state index >= 15 is 0 Å². The molecule has 3 rings (SSSR count). The average molecular weight is 316 g/mol. The van der Waals surface area contributed by atoms with E-state index in [2.05, 4.69) is 0 Å². The summed E-state index contributed by atoms with van der Waals surface area (Å²) in [5.41, 5.74) is 1.28. The van der Waals surface area contributed by atoms with Gasteiger partial charge in [0.1, 0.15) is 12.5 Å². The van der Waals surface area contributed by atoms with Gasteiger partial charge in [0, 0.05) is 11.1 Å². The first-order valence-electron chi connectivity index (χ1n) is 6.99. The summed E-state index contributed by atoms with van der Waals surface area (Å²) < 4.78 is 54.0. The Morgan fingerprint density at radius 1 is 0.652 bits per heavy atom. The lowest BCUT2D eigenvalue weighted by Crippen LogP contribution is -1.95. The molecular formula is C19H12F4. The molecule has 0 atom stereocenters. The summed E-state index contributed by atoms with van der Waals surface area (Å²) in [7, 11) is 0. The average Bonchev–Trinajstić information content (AvgIpc) is 2.58. The Kier molecular flexibility index (Phi) is 4.15. The fraction of sp³-hybridized carbons (Fsp3) is 0.0526. The summed E-state index contributed by atoms with van der Waals surface area (Å²) >= 11 is 0. The molecule has 0 aliphatic rings. The molecule has 0 spiro atoms. The molecule has 0 radical (unpaired) electrons. The van der Waals surface area contributed by atoms with Crippen LogP contribution in [0.25, 0.3) is 22.3 Å². The van der Waals surface area contributed by atoms with Crippen molar-refractivity contribution in [3.05, 3.63) is 83.7 Å². The largest absolute Gasteiger partial charge is 0.246 e. The Morgan fingerprint density at radius 2 is 1.35 bits per heavy atom. The Labute approximate surface area is 131 Å². The Hall–Kier alpha value is -2.62. The van der Waals surface area contributed by atoms with Crippen LogP contribution in [-0.4, -0.2) is 0 Å². The zero-order chi connectivity index (χ0) is 16.4. The number of rotatable bonds is 3. The molecule has 0 fully saturated rings. The second-order valence-corrected chi connectivity index (χ2v) is 5.13. The number of alkyl halides is 1. The Balaban J connectivity index is 2.07. The minimum atomic E-state index is -1.24. The molecule has 3 aromatic carbocycles. The first-order valence-corrected chi connectivity index (χ1v) is 6.99. The third kappa shape index (κ3) is 2.97. The monoisotopic (exact) mass is 316 g/mol. The highest BCUT2D eigenvalue weighted by molar-refractivity contribution is 5.71. The van der Waals surface area contributed by atoms with E-state index in [-0.39, 0.29) is 11.1 Å². The molecule has 0 aromatic heterocycles. The molecule has 23 heavy (non-hydrogen) atoms. The van der Waals surface area contributed by atoms with E-state index in [0.717, 1.165) is 17.7 Å². The highest BCUT2D eigenvalue weighted by Gasteiger charge is 2.14. The van der Waals surface area contributed by atoms with Crippen LogP contribution in [0, 0.1) is 17.5 Å². The van der Waals surface area contributed by atoms with Gasteiger partial charge in [0.2, 0.25) is 0 Å². The van der Waals surface area contributed by atoms with Crippen LogP contribution >= 0.6 is 0 Å². The van der Waals surface area contributed by atoms with Crippen molar-refractivity contribution in [1.29, 1.82) is 0 Å². The van der Waals surface area contributed by atoms with Crippen molar-refractivity contribution in [2.24, 2.45) is 0 Å². The number of hydrogen-bond donors (Lipinski definition) is 0. The molecular weight excluding hydrogens is 304 g/mol. The van der Waals surface area contributed by atoms with E-state index in [1.165, 1.54) is 12.1 Å². The van der Waals surface area contributed by atoms with E-state index < -0.39 is 29.7 Å². The lowest BCUT2D eigenvalue weighted by molar-refractivity contribution is 0.441. The van der Waals surface area contributed by atoms with Crippen LogP contribution < -0.4 is 0 Å². The Morgan fingerprint density at radius 3 is 2.00 bits per heavy atom. The van der Waals surface area contributed by atoms with E-state index in [1.807, 2.05) is 30.3 Å². The fourth-order valence-electron chi connectivity index (χ4n) is 2.46. The minimum absolute atomic E-state index is 0.0956. The standard InChI is InChI=1S/C19H12F4/c20-11-15-8-14(10-18(22)19(15)23)16-7-6-13(9-17(16)21)12-4-2-1-3-5-12/h1-10H,11H2. The molecule has 0 saturated heterocycles. The molecule has 3 aromatic rings. The second kappa shape index (κ2) is 6.24. The van der Waals surface area contributed by atoms with Crippen LogP contribution in [0.5, 0.6) is 0 Å². The highest BCUT2D eigenvalue weighted by atomic mass is 19.2. The highest BCUT2D eigenvalue weighted by Crippen LogP contribution is 2.30. The molecule has 4 heteroatoms. The lowest BCUT2D eigenvalue weighted by atomic mass is 9.98. The molecule has 0 aliphatic carbocycles. The smallest absolute Gasteiger partial charge is 0.164 e. The van der Waals surface area contributed by atoms with E-state index in [4.69, 9.17) is 0 Å². The van der Waals surface area contributed by atoms with Crippen LogP contribution in [0.2, 0.25) is 0 Å². The number of hydrogen-bond acceptors (Lipinski definition) is 0. The quantitative estimate of drug-likeness (QED) is 0.527. The molecule has 0 amide bonds. The van der Waals surface area contributed by atoms with Crippen molar-refractivity contribution in [3.8, 4) is 22.3 Å². The van der Waals surface area contributed by atoms with Crippen LogP contribution in [0.1, 0.15) is 5.56 Å². The molecule has 0 unspecified atom stereocenters. The first-order chi connectivity index (χ1) is 11.1. The van der Waals surface area contributed by atoms with Crippen molar-refractivity contribution in [3.63, 3.8) is 0 Å². The maximum Gasteiger partial charge on any atom is 0.164 e. The normalized spacial score (nSPS) is 10.8. The summed E-state index contributed by atoms with van der Waals surface area (Å²) in [5, 5.41) is 0. The van der Waals surface area contributed by atoms with Crippen LogP contribution in [0.15, 0.2) is 60.7 Å². The van der Waals surface area contributed by atoms with Gasteiger partial charge in [-0.1, -0.05) is 42.5 Å². The van der Waals surface area contributed by atoms with Crippen molar-refractivity contribution in [2.45, 2.75) is 6.67 Å². The van der Waals surface area contributed by atoms with Gasteiger partial charge in [-0.25, -0.2) is 17.6 Å². The van der Waals surface area contributed by atoms with Gasteiger partial charge in [-0.15, -0.1) is 0 Å². The number of halogens is 4. The van der Waals surface area contributed by atoms with E-state index in [1.54, 1.807) is 6.07 Å². The van der Waals surface area contributed by atoms with Gasteiger partial charge < -0.3 is 0 Å². The maximum atomic E-state index is 14.4. The van der Waals surface area contributed by atoms with Gasteiger partial charge in [-0.2, -0.15) is 0 Å². The fourth-order valence-corrected chi connectivity index (χ4v) is 2.46. The van der Waals surface area contributed by atoms with Gasteiger partial charge in [-0.3, -0.25) is 0 Å². The summed E-state index contributed by atoms with van der Waals surface area (Å²) in [4.78, 5) is 0. The predicted molar refractivity (Wildman–Crippen MR) is 82.0 cm³/mol. The van der Waals surface area contributed by atoms with Crippen molar-refractivity contribution in [1.82, 2.24) is 0 Å². The van der Waals surface area contributed by atoms with Crippen LogP contribution in [-0.2, 0) is 6.67 Å². The zero-order valence-corrected chi connectivity index (χ0v) is 12.0. The molecule has 0 aliphatic heterocycles. The third-order valence-corrected chi connectivity index (χ3v) is 3.63. The topological polar surface area (TPSA) is 0 Å². The predicted octanol–water partition coefficient (Wildman–Crippen LogP) is 5.91. The lowest BCUT2D eigenvalue weighted by Gasteiger charge is -2.09.